The predicted octanol–water partition coefficient (Wildman–Crippen LogP) is 4.40. The number of carbonyl (C=O) groups is 1. The Kier molecular flexibility index (Phi) is 5.61. The first-order valence-corrected chi connectivity index (χ1v) is 8.43. The summed E-state index contributed by atoms with van der Waals surface area (Å²) in [5, 5.41) is 5.74. The van der Waals surface area contributed by atoms with Crippen LogP contribution in [0.15, 0.2) is 60.9 Å². The van der Waals surface area contributed by atoms with Crippen molar-refractivity contribution < 1.29 is 13.9 Å². The minimum Gasteiger partial charge on any atom is -0.489 e. The molecule has 0 saturated heterocycles. The summed E-state index contributed by atoms with van der Waals surface area (Å²) in [4.78, 5) is 20.6. The maximum absolute atomic E-state index is 13.3. The molecule has 2 aromatic carbocycles. The van der Waals surface area contributed by atoms with E-state index in [9.17, 15) is 9.18 Å². The van der Waals surface area contributed by atoms with Gasteiger partial charge in [-0.05, 0) is 44.2 Å². The van der Waals surface area contributed by atoms with Crippen LogP contribution in [-0.4, -0.2) is 22.0 Å². The maximum Gasteiger partial charge on any atom is 0.274 e. The van der Waals surface area contributed by atoms with Crippen LogP contribution in [0, 0.1) is 5.82 Å². The van der Waals surface area contributed by atoms with Crippen molar-refractivity contribution in [3.63, 3.8) is 0 Å². The molecule has 6 nitrogen and oxygen atoms in total. The third-order valence-electron chi connectivity index (χ3n) is 3.49. The topological polar surface area (TPSA) is 76.1 Å². The zero-order valence-corrected chi connectivity index (χ0v) is 14.9. The van der Waals surface area contributed by atoms with E-state index in [1.807, 2.05) is 19.9 Å². The van der Waals surface area contributed by atoms with E-state index in [1.165, 1.54) is 24.5 Å². The van der Waals surface area contributed by atoms with E-state index in [4.69, 9.17) is 4.74 Å². The molecule has 0 spiro atoms. The number of benzene rings is 2. The molecule has 1 heterocycles. The fourth-order valence-electron chi connectivity index (χ4n) is 2.38. The molecule has 0 aliphatic carbocycles. The van der Waals surface area contributed by atoms with E-state index in [1.54, 1.807) is 30.3 Å². The fraction of sp³-hybridized carbons (Fsp3) is 0.150. The number of hydrogen-bond donors (Lipinski definition) is 2. The van der Waals surface area contributed by atoms with Crippen LogP contribution in [0.5, 0.6) is 5.75 Å². The van der Waals surface area contributed by atoms with Crippen molar-refractivity contribution in [3.8, 4) is 5.75 Å². The molecule has 0 radical (unpaired) electrons. The fourth-order valence-corrected chi connectivity index (χ4v) is 2.38. The highest BCUT2D eigenvalue weighted by Gasteiger charge is 2.13. The average Bonchev–Trinajstić information content (AvgIpc) is 2.63. The first-order valence-electron chi connectivity index (χ1n) is 8.43. The molecule has 138 valence electrons. The Bertz CT molecular complexity index is 947. The highest BCUT2D eigenvalue weighted by molar-refractivity contribution is 6.04. The minimum atomic E-state index is -0.403. The molecule has 0 aliphatic rings. The van der Waals surface area contributed by atoms with Crippen LogP contribution in [-0.2, 0) is 0 Å². The average molecular weight is 366 g/mol. The second kappa shape index (κ2) is 8.27. The maximum atomic E-state index is 13.3. The van der Waals surface area contributed by atoms with Crippen molar-refractivity contribution in [2.45, 2.75) is 20.0 Å². The van der Waals surface area contributed by atoms with Gasteiger partial charge in [-0.1, -0.05) is 18.2 Å². The summed E-state index contributed by atoms with van der Waals surface area (Å²) in [5.74, 6) is 0.189. The molecule has 3 aromatic rings. The molecule has 0 atom stereocenters. The summed E-state index contributed by atoms with van der Waals surface area (Å²) in [6, 6.07) is 14.6. The van der Waals surface area contributed by atoms with Crippen molar-refractivity contribution in [3.05, 3.63) is 72.4 Å². The zero-order valence-electron chi connectivity index (χ0n) is 14.9. The first-order chi connectivity index (χ1) is 13.0. The van der Waals surface area contributed by atoms with Gasteiger partial charge in [0, 0.05) is 11.8 Å². The quantitative estimate of drug-likeness (QED) is 0.676. The molecule has 27 heavy (non-hydrogen) atoms. The number of aromatic nitrogens is 2. The molecular formula is C20H19FN4O2. The molecule has 0 fully saturated rings. The Balaban J connectivity index is 1.76. The number of halogens is 1. The van der Waals surface area contributed by atoms with Crippen molar-refractivity contribution in [2.75, 3.05) is 10.6 Å². The van der Waals surface area contributed by atoms with Crippen LogP contribution in [0.25, 0.3) is 0 Å². The highest BCUT2D eigenvalue weighted by Crippen LogP contribution is 2.25. The number of amides is 1. The molecule has 2 N–H and O–H groups in total. The summed E-state index contributed by atoms with van der Waals surface area (Å²) in [5.41, 5.74) is 1.24. The van der Waals surface area contributed by atoms with Gasteiger partial charge in [-0.2, -0.15) is 0 Å². The molecule has 0 aliphatic heterocycles. The summed E-state index contributed by atoms with van der Waals surface area (Å²) in [6.07, 6.45) is 1.25. The summed E-state index contributed by atoms with van der Waals surface area (Å²) in [6.45, 7) is 3.82. The lowest BCUT2D eigenvalue weighted by Crippen LogP contribution is -2.16. The number of rotatable bonds is 6. The third kappa shape index (κ3) is 5.01. The third-order valence-corrected chi connectivity index (χ3v) is 3.49. The highest BCUT2D eigenvalue weighted by atomic mass is 19.1. The minimum absolute atomic E-state index is 0.0239. The van der Waals surface area contributed by atoms with Gasteiger partial charge in [0.05, 0.1) is 11.8 Å². The zero-order chi connectivity index (χ0) is 19.2. The molecule has 0 bridgehead atoms. The normalized spacial score (nSPS) is 10.5. The molecule has 1 amide bonds. The van der Waals surface area contributed by atoms with Gasteiger partial charge in [0.25, 0.3) is 5.91 Å². The predicted molar refractivity (Wildman–Crippen MR) is 102 cm³/mol. The Morgan fingerprint density at radius 1 is 1.07 bits per heavy atom. The largest absolute Gasteiger partial charge is 0.489 e. The molecule has 0 saturated carbocycles. The van der Waals surface area contributed by atoms with Gasteiger partial charge in [-0.15, -0.1) is 0 Å². The number of hydrogen-bond acceptors (Lipinski definition) is 5. The number of para-hydroxylation sites is 2. The lowest BCUT2D eigenvalue weighted by molar-refractivity contribution is 0.102. The first kappa shape index (κ1) is 18.3. The van der Waals surface area contributed by atoms with E-state index >= 15 is 0 Å². The van der Waals surface area contributed by atoms with Crippen LogP contribution in [0.3, 0.4) is 0 Å². The van der Waals surface area contributed by atoms with E-state index in [0.29, 0.717) is 22.9 Å². The Labute approximate surface area is 156 Å². The van der Waals surface area contributed by atoms with Crippen molar-refractivity contribution >= 4 is 23.1 Å². The monoisotopic (exact) mass is 366 g/mol. The molecular weight excluding hydrogens is 347 g/mol. The summed E-state index contributed by atoms with van der Waals surface area (Å²) in [7, 11) is 0. The second-order valence-electron chi connectivity index (χ2n) is 6.04. The lowest BCUT2D eigenvalue weighted by atomic mass is 10.2. The standard InChI is InChI=1S/C20H19FN4O2/c1-13(2)27-18-9-4-3-8-16(18)25-20(26)17-11-19(23-12-22-17)24-15-7-5-6-14(21)10-15/h3-13H,1-2H3,(H,25,26)(H,22,23,24). The number of nitrogens with zero attached hydrogens (tertiary/aromatic N) is 2. The van der Waals surface area contributed by atoms with Crippen LogP contribution in [0.4, 0.5) is 21.6 Å². The number of ether oxygens (including phenoxy) is 1. The SMILES string of the molecule is CC(C)Oc1ccccc1NC(=O)c1cc(Nc2cccc(F)c2)ncn1. The van der Waals surface area contributed by atoms with Gasteiger partial charge in [0.15, 0.2) is 0 Å². The molecule has 1 aromatic heterocycles. The van der Waals surface area contributed by atoms with Crippen LogP contribution >= 0.6 is 0 Å². The van der Waals surface area contributed by atoms with Gasteiger partial charge in [-0.3, -0.25) is 4.79 Å². The van der Waals surface area contributed by atoms with E-state index < -0.39 is 5.91 Å². The smallest absolute Gasteiger partial charge is 0.274 e. The van der Waals surface area contributed by atoms with Gasteiger partial charge in [-0.25, -0.2) is 14.4 Å². The molecule has 3 rings (SSSR count). The van der Waals surface area contributed by atoms with Gasteiger partial charge in [0.2, 0.25) is 0 Å². The van der Waals surface area contributed by atoms with Crippen molar-refractivity contribution in [1.82, 2.24) is 9.97 Å². The van der Waals surface area contributed by atoms with Crippen molar-refractivity contribution in [1.29, 1.82) is 0 Å². The van der Waals surface area contributed by atoms with Crippen molar-refractivity contribution in [2.24, 2.45) is 0 Å². The lowest BCUT2D eigenvalue weighted by Gasteiger charge is -2.14. The van der Waals surface area contributed by atoms with E-state index in [-0.39, 0.29) is 17.6 Å². The summed E-state index contributed by atoms with van der Waals surface area (Å²) >= 11 is 0. The van der Waals surface area contributed by atoms with Gasteiger partial charge < -0.3 is 15.4 Å². The molecule has 7 heteroatoms. The van der Waals surface area contributed by atoms with Crippen LogP contribution < -0.4 is 15.4 Å². The number of carbonyl (C=O) groups excluding carboxylic acids is 1. The van der Waals surface area contributed by atoms with E-state index in [0.717, 1.165) is 0 Å². The Morgan fingerprint density at radius 2 is 1.89 bits per heavy atom. The molecule has 0 unspecified atom stereocenters. The van der Waals surface area contributed by atoms with Gasteiger partial charge in [0.1, 0.15) is 29.4 Å². The van der Waals surface area contributed by atoms with Crippen LogP contribution in [0.1, 0.15) is 24.3 Å². The van der Waals surface area contributed by atoms with E-state index in [2.05, 4.69) is 20.6 Å². The van der Waals surface area contributed by atoms with Crippen LogP contribution in [0.2, 0.25) is 0 Å². The Morgan fingerprint density at radius 3 is 2.67 bits per heavy atom. The second-order valence-corrected chi connectivity index (χ2v) is 6.04. The number of anilines is 3. The number of nitrogens with one attached hydrogen (secondary N) is 2. The summed E-state index contributed by atoms with van der Waals surface area (Å²) < 4.78 is 19.0. The Hall–Kier alpha value is -3.48. The van der Waals surface area contributed by atoms with Gasteiger partial charge >= 0.3 is 0 Å².